The molecule has 3 atom stereocenters. The molecule has 1 saturated carbocycles. The summed E-state index contributed by atoms with van der Waals surface area (Å²) in [5, 5.41) is 11.2. The number of carbonyl (C=O) groups is 2. The number of oxazole rings is 1. The molecule has 0 spiro atoms. The molecule has 2 aromatic rings. The summed E-state index contributed by atoms with van der Waals surface area (Å²) in [6.07, 6.45) is -8.44. The number of nitrogens with one attached hydrogen (secondary N) is 1. The monoisotopic (exact) mass is 590 g/mol. The van der Waals surface area contributed by atoms with Crippen LogP contribution in [0.5, 0.6) is 0 Å². The highest BCUT2D eigenvalue weighted by atomic mass is 19.4. The molecule has 0 bridgehead atoms. The van der Waals surface area contributed by atoms with Crippen LogP contribution in [-0.2, 0) is 15.5 Å². The summed E-state index contributed by atoms with van der Waals surface area (Å²) in [7, 11) is 0. The zero-order chi connectivity index (χ0) is 30.2. The van der Waals surface area contributed by atoms with Gasteiger partial charge in [-0.05, 0) is 25.5 Å². The molecule has 1 N–H and O–H groups in total. The lowest BCUT2D eigenvalue weighted by Gasteiger charge is -2.34. The van der Waals surface area contributed by atoms with E-state index in [4.69, 9.17) is 14.4 Å². The van der Waals surface area contributed by atoms with E-state index in [0.29, 0.717) is 26.3 Å². The quantitative estimate of drug-likeness (QED) is 0.474. The minimum Gasteiger partial charge on any atom is -0.439 e. The maximum absolute atomic E-state index is 14.4. The van der Waals surface area contributed by atoms with Crippen LogP contribution in [0, 0.1) is 17.2 Å². The summed E-state index contributed by atoms with van der Waals surface area (Å²) in [6, 6.07) is 5.78. The van der Waals surface area contributed by atoms with Crippen molar-refractivity contribution in [3.63, 3.8) is 0 Å². The van der Waals surface area contributed by atoms with Gasteiger partial charge in [0, 0.05) is 43.0 Å². The molecule has 4 rings (SSSR count). The van der Waals surface area contributed by atoms with Gasteiger partial charge in [0.15, 0.2) is 0 Å². The van der Waals surface area contributed by atoms with Gasteiger partial charge in [-0.25, -0.2) is 13.8 Å². The molecule has 1 aliphatic heterocycles. The smallest absolute Gasteiger partial charge is 0.439 e. The number of carbonyl (C=O) groups excluding carboxylic acids is 2. The van der Waals surface area contributed by atoms with Crippen molar-refractivity contribution in [2.75, 3.05) is 26.3 Å². The Labute approximate surface area is 229 Å². The maximum Gasteiger partial charge on any atom is 0.463 e. The van der Waals surface area contributed by atoms with Crippen LogP contribution in [-0.4, -0.2) is 66.1 Å². The molecule has 2 heterocycles. The van der Waals surface area contributed by atoms with Gasteiger partial charge in [0.25, 0.3) is 11.8 Å². The Bertz CT molecular complexity index is 1310. The van der Waals surface area contributed by atoms with E-state index in [-0.39, 0.29) is 17.0 Å². The van der Waals surface area contributed by atoms with Crippen LogP contribution in [0.1, 0.15) is 54.1 Å². The van der Waals surface area contributed by atoms with Crippen molar-refractivity contribution in [2.24, 2.45) is 5.92 Å². The predicted molar refractivity (Wildman–Crippen MR) is 127 cm³/mol. The number of nitriles is 1. The summed E-state index contributed by atoms with van der Waals surface area (Å²) >= 11 is 0. The molecule has 2 fully saturated rings. The molecule has 0 unspecified atom stereocenters. The van der Waals surface area contributed by atoms with E-state index in [0.717, 1.165) is 0 Å². The van der Waals surface area contributed by atoms with Crippen molar-refractivity contribution in [3.8, 4) is 17.3 Å². The molecule has 1 aromatic carbocycles. The van der Waals surface area contributed by atoms with Crippen LogP contribution in [0.25, 0.3) is 11.3 Å². The second-order valence-electron chi connectivity index (χ2n) is 9.96. The number of rotatable bonds is 6. The summed E-state index contributed by atoms with van der Waals surface area (Å²) in [5.74, 6) is -15.8. The Morgan fingerprint density at radius 1 is 1.15 bits per heavy atom. The molecular formula is C26H25F7N4O4. The van der Waals surface area contributed by atoms with Gasteiger partial charge in [0.2, 0.25) is 11.8 Å². The number of ether oxygens (including phenoxy) is 1. The molecule has 1 saturated heterocycles. The standard InChI is InChI=1S/C26H25F7N4O4/c1-14(13-34)35-21(38)18-12-24(27,28)7-6-17(18)20-19(36-23(41-20)25(29,30)26(31,32)33)15-2-4-16(5-3-15)22(39)37-8-10-40-11-9-37/h2-5,14,17-18H,6-12H2,1H3,(H,35,38)/t14-,17+,18+/m0/s1. The summed E-state index contributed by atoms with van der Waals surface area (Å²) in [6.45, 7) is 2.64. The Morgan fingerprint density at radius 2 is 1.78 bits per heavy atom. The molecule has 41 heavy (non-hydrogen) atoms. The molecule has 1 aliphatic carbocycles. The van der Waals surface area contributed by atoms with Crippen molar-refractivity contribution in [3.05, 3.63) is 41.5 Å². The molecule has 1 aromatic heterocycles. The van der Waals surface area contributed by atoms with Crippen molar-refractivity contribution in [1.29, 1.82) is 5.26 Å². The van der Waals surface area contributed by atoms with E-state index in [2.05, 4.69) is 10.3 Å². The number of amides is 2. The zero-order valence-corrected chi connectivity index (χ0v) is 21.6. The van der Waals surface area contributed by atoms with E-state index in [1.165, 1.54) is 36.1 Å². The van der Waals surface area contributed by atoms with Crippen LogP contribution >= 0.6 is 0 Å². The molecule has 2 aliphatic rings. The normalized spacial score (nSPS) is 22.1. The van der Waals surface area contributed by atoms with Crippen LogP contribution in [0.3, 0.4) is 0 Å². The van der Waals surface area contributed by atoms with Gasteiger partial charge in [-0.2, -0.15) is 27.2 Å². The molecule has 2 amide bonds. The summed E-state index contributed by atoms with van der Waals surface area (Å²) < 4.78 is 107. The van der Waals surface area contributed by atoms with Crippen molar-refractivity contribution in [1.82, 2.24) is 15.2 Å². The lowest BCUT2D eigenvalue weighted by atomic mass is 9.74. The highest BCUT2D eigenvalue weighted by Crippen LogP contribution is 2.50. The Kier molecular flexibility index (Phi) is 8.35. The number of morpholine rings is 1. The average Bonchev–Trinajstić information content (AvgIpc) is 3.38. The molecule has 0 radical (unpaired) electrons. The van der Waals surface area contributed by atoms with Gasteiger partial charge in [0.05, 0.1) is 25.2 Å². The SMILES string of the molecule is C[C@@H](C#N)NC(=O)[C@@H]1CC(F)(F)CC[C@H]1c1oc(C(F)(F)C(F)(F)F)nc1-c1ccc(C(=O)N2CCOCC2)cc1. The molecular weight excluding hydrogens is 565 g/mol. The van der Waals surface area contributed by atoms with Crippen molar-refractivity contribution in [2.45, 2.75) is 56.2 Å². The van der Waals surface area contributed by atoms with Gasteiger partial charge in [0.1, 0.15) is 17.5 Å². The minimum atomic E-state index is -6.08. The Hall–Kier alpha value is -3.67. The largest absolute Gasteiger partial charge is 0.463 e. The van der Waals surface area contributed by atoms with Gasteiger partial charge >= 0.3 is 12.1 Å². The number of benzene rings is 1. The van der Waals surface area contributed by atoms with Crippen LogP contribution in [0.15, 0.2) is 28.7 Å². The van der Waals surface area contributed by atoms with E-state index < -0.39 is 78.4 Å². The average molecular weight is 590 g/mol. The Morgan fingerprint density at radius 3 is 2.37 bits per heavy atom. The predicted octanol–water partition coefficient (Wildman–Crippen LogP) is 5.02. The molecule has 15 heteroatoms. The first-order valence-electron chi connectivity index (χ1n) is 12.7. The number of hydrogen-bond donors (Lipinski definition) is 1. The van der Waals surface area contributed by atoms with Gasteiger partial charge in [-0.1, -0.05) is 12.1 Å². The van der Waals surface area contributed by atoms with Crippen molar-refractivity contribution < 1.29 is 49.5 Å². The second kappa shape index (κ2) is 11.3. The van der Waals surface area contributed by atoms with E-state index in [9.17, 15) is 40.3 Å². The zero-order valence-electron chi connectivity index (χ0n) is 21.6. The first-order chi connectivity index (χ1) is 19.1. The third kappa shape index (κ3) is 6.32. The Balaban J connectivity index is 1.77. The molecule has 222 valence electrons. The van der Waals surface area contributed by atoms with Crippen LogP contribution in [0.4, 0.5) is 30.7 Å². The molecule has 8 nitrogen and oxygen atoms in total. The highest BCUT2D eigenvalue weighted by Gasteiger charge is 2.63. The van der Waals surface area contributed by atoms with Crippen LogP contribution < -0.4 is 5.32 Å². The first kappa shape index (κ1) is 30.3. The minimum absolute atomic E-state index is 0.0339. The van der Waals surface area contributed by atoms with E-state index in [1.54, 1.807) is 6.07 Å². The lowest BCUT2D eigenvalue weighted by Crippen LogP contribution is -2.44. The number of halogens is 7. The first-order valence-corrected chi connectivity index (χ1v) is 12.7. The lowest BCUT2D eigenvalue weighted by molar-refractivity contribution is -0.297. The summed E-state index contributed by atoms with van der Waals surface area (Å²) in [5.41, 5.74) is -0.342. The van der Waals surface area contributed by atoms with E-state index >= 15 is 0 Å². The number of alkyl halides is 7. The van der Waals surface area contributed by atoms with Crippen LogP contribution in [0.2, 0.25) is 0 Å². The second-order valence-corrected chi connectivity index (χ2v) is 9.96. The van der Waals surface area contributed by atoms with E-state index in [1.807, 2.05) is 0 Å². The van der Waals surface area contributed by atoms with Gasteiger partial charge in [-0.15, -0.1) is 0 Å². The third-order valence-corrected chi connectivity index (χ3v) is 7.03. The third-order valence-electron chi connectivity index (χ3n) is 7.03. The fourth-order valence-electron chi connectivity index (χ4n) is 4.84. The van der Waals surface area contributed by atoms with Gasteiger partial charge < -0.3 is 19.4 Å². The fraction of sp³-hybridized carbons (Fsp3) is 0.538. The number of aromatic nitrogens is 1. The van der Waals surface area contributed by atoms with Gasteiger partial charge in [-0.3, -0.25) is 9.59 Å². The number of nitrogens with zero attached hydrogens (tertiary/aromatic N) is 3. The fourth-order valence-corrected chi connectivity index (χ4v) is 4.84. The summed E-state index contributed by atoms with van der Waals surface area (Å²) in [4.78, 5) is 30.6. The number of hydrogen-bond acceptors (Lipinski definition) is 6. The topological polar surface area (TPSA) is 108 Å². The van der Waals surface area contributed by atoms with Crippen molar-refractivity contribution >= 4 is 11.8 Å². The maximum atomic E-state index is 14.4. The highest BCUT2D eigenvalue weighted by molar-refractivity contribution is 5.94.